The molecule has 3 rings (SSSR count). The summed E-state index contributed by atoms with van der Waals surface area (Å²) in [6, 6.07) is 24.3. The fourth-order valence-corrected chi connectivity index (χ4v) is 2.70. The monoisotopic (exact) mass is 389 g/mol. The Morgan fingerprint density at radius 1 is 0.862 bits per heavy atom. The molecule has 0 bridgehead atoms. The van der Waals surface area contributed by atoms with Gasteiger partial charge in [0.2, 0.25) is 5.91 Å². The van der Waals surface area contributed by atoms with Crippen LogP contribution in [0, 0.1) is 0 Å². The van der Waals surface area contributed by atoms with Gasteiger partial charge in [-0.1, -0.05) is 61.5 Å². The van der Waals surface area contributed by atoms with Crippen molar-refractivity contribution in [1.82, 2.24) is 0 Å². The van der Waals surface area contributed by atoms with E-state index >= 15 is 0 Å². The van der Waals surface area contributed by atoms with E-state index < -0.39 is 12.1 Å². The minimum absolute atomic E-state index is 0.156. The third kappa shape index (κ3) is 5.45. The van der Waals surface area contributed by atoms with Crippen LogP contribution in [0.5, 0.6) is 11.5 Å². The Morgan fingerprint density at radius 3 is 2.17 bits per heavy atom. The van der Waals surface area contributed by atoms with Crippen molar-refractivity contribution >= 4 is 17.6 Å². The summed E-state index contributed by atoms with van der Waals surface area (Å²) in [5.74, 6) is 0.155. The van der Waals surface area contributed by atoms with E-state index in [1.54, 1.807) is 38.1 Å². The summed E-state index contributed by atoms with van der Waals surface area (Å²) in [5, 5.41) is 2.72. The smallest absolute Gasteiger partial charge is 0.352 e. The maximum absolute atomic E-state index is 12.5. The molecule has 3 aromatic carbocycles. The maximum atomic E-state index is 12.5. The second-order valence-corrected chi connectivity index (χ2v) is 6.47. The highest BCUT2D eigenvalue weighted by Gasteiger charge is 2.19. The quantitative estimate of drug-likeness (QED) is 0.452. The van der Waals surface area contributed by atoms with Gasteiger partial charge in [0, 0.05) is 6.42 Å². The van der Waals surface area contributed by atoms with Crippen molar-refractivity contribution in [3.63, 3.8) is 0 Å². The van der Waals surface area contributed by atoms with Gasteiger partial charge in [-0.3, -0.25) is 4.79 Å². The number of anilines is 1. The zero-order valence-electron chi connectivity index (χ0n) is 16.4. The zero-order valence-corrected chi connectivity index (χ0v) is 16.4. The lowest BCUT2D eigenvalue weighted by Gasteiger charge is -2.16. The molecule has 0 fully saturated rings. The third-order valence-corrected chi connectivity index (χ3v) is 4.30. The highest BCUT2D eigenvalue weighted by molar-refractivity contribution is 5.92. The molecule has 0 aliphatic heterocycles. The van der Waals surface area contributed by atoms with Gasteiger partial charge in [-0.25, -0.2) is 4.79 Å². The summed E-state index contributed by atoms with van der Waals surface area (Å²) < 4.78 is 11.2. The molecule has 1 amide bonds. The number of amides is 1. The van der Waals surface area contributed by atoms with E-state index in [-0.39, 0.29) is 11.7 Å². The second kappa shape index (κ2) is 9.55. The molecule has 0 aromatic heterocycles. The minimum atomic E-state index is -0.812. The minimum Gasteiger partial charge on any atom is -0.479 e. The van der Waals surface area contributed by atoms with Crippen LogP contribution in [0.4, 0.5) is 5.69 Å². The van der Waals surface area contributed by atoms with Crippen molar-refractivity contribution in [3.8, 4) is 22.6 Å². The molecule has 1 N–H and O–H groups in total. The van der Waals surface area contributed by atoms with Gasteiger partial charge in [-0.05, 0) is 42.3 Å². The number of hydrogen-bond acceptors (Lipinski definition) is 4. The molecule has 0 spiro atoms. The molecule has 0 heterocycles. The Bertz CT molecular complexity index is 968. The lowest BCUT2D eigenvalue weighted by Crippen LogP contribution is -2.28. The normalized spacial score (nSPS) is 11.4. The Kier molecular flexibility index (Phi) is 6.63. The van der Waals surface area contributed by atoms with E-state index in [0.29, 0.717) is 17.9 Å². The molecule has 1 atom stereocenters. The number of carbonyl (C=O) groups is 2. The lowest BCUT2D eigenvalue weighted by atomic mass is 10.1. The predicted octanol–water partition coefficient (Wildman–Crippen LogP) is 5.08. The van der Waals surface area contributed by atoms with Crippen LogP contribution < -0.4 is 14.8 Å². The Hall–Kier alpha value is -3.60. The SMILES string of the molecule is CCC(=O)Nc1ccccc1OC(=O)[C@@H](C)Oc1ccc(-c2ccccc2)cc1. The van der Waals surface area contributed by atoms with Gasteiger partial charge in [0.25, 0.3) is 0 Å². The van der Waals surface area contributed by atoms with Crippen LogP contribution in [0.3, 0.4) is 0 Å². The fourth-order valence-electron chi connectivity index (χ4n) is 2.70. The predicted molar refractivity (Wildman–Crippen MR) is 113 cm³/mol. The standard InChI is InChI=1S/C24H23NO4/c1-3-23(26)25-21-11-7-8-12-22(21)29-24(27)17(2)28-20-15-13-19(14-16-20)18-9-5-4-6-10-18/h4-17H,3H2,1-2H3,(H,25,26)/t17-/m1/s1. The van der Waals surface area contributed by atoms with Gasteiger partial charge in [0.15, 0.2) is 11.9 Å². The zero-order chi connectivity index (χ0) is 20.6. The first kappa shape index (κ1) is 20.1. The average molecular weight is 389 g/mol. The molecular formula is C24H23NO4. The van der Waals surface area contributed by atoms with Crippen LogP contribution in [0.2, 0.25) is 0 Å². The highest BCUT2D eigenvalue weighted by atomic mass is 16.6. The Balaban J connectivity index is 1.63. The van der Waals surface area contributed by atoms with E-state index in [2.05, 4.69) is 5.32 Å². The largest absolute Gasteiger partial charge is 0.479 e. The van der Waals surface area contributed by atoms with E-state index in [0.717, 1.165) is 11.1 Å². The average Bonchev–Trinajstić information content (AvgIpc) is 2.76. The van der Waals surface area contributed by atoms with E-state index in [4.69, 9.17) is 9.47 Å². The topological polar surface area (TPSA) is 64.6 Å². The molecule has 0 aliphatic carbocycles. The lowest BCUT2D eigenvalue weighted by molar-refractivity contribution is -0.141. The first-order chi connectivity index (χ1) is 14.1. The van der Waals surface area contributed by atoms with E-state index in [1.165, 1.54) is 0 Å². The summed E-state index contributed by atoms with van der Waals surface area (Å²) in [4.78, 5) is 24.1. The first-order valence-corrected chi connectivity index (χ1v) is 9.49. The first-order valence-electron chi connectivity index (χ1n) is 9.49. The molecular weight excluding hydrogens is 366 g/mol. The van der Waals surface area contributed by atoms with Gasteiger partial charge in [0.05, 0.1) is 5.69 Å². The third-order valence-electron chi connectivity index (χ3n) is 4.30. The summed E-state index contributed by atoms with van der Waals surface area (Å²) in [6.45, 7) is 3.38. The van der Waals surface area contributed by atoms with Crippen molar-refractivity contribution < 1.29 is 19.1 Å². The summed E-state index contributed by atoms with van der Waals surface area (Å²) >= 11 is 0. The van der Waals surface area contributed by atoms with Crippen LogP contribution in [-0.4, -0.2) is 18.0 Å². The summed E-state index contributed by atoms with van der Waals surface area (Å²) in [6.07, 6.45) is -0.478. The number of ether oxygens (including phenoxy) is 2. The van der Waals surface area contributed by atoms with Crippen molar-refractivity contribution in [1.29, 1.82) is 0 Å². The van der Waals surface area contributed by atoms with Gasteiger partial charge in [0.1, 0.15) is 5.75 Å². The van der Waals surface area contributed by atoms with Crippen LogP contribution in [0.1, 0.15) is 20.3 Å². The number of para-hydroxylation sites is 2. The van der Waals surface area contributed by atoms with Crippen molar-refractivity contribution in [2.24, 2.45) is 0 Å². The van der Waals surface area contributed by atoms with Crippen molar-refractivity contribution in [3.05, 3.63) is 78.9 Å². The van der Waals surface area contributed by atoms with E-state index in [1.807, 2.05) is 54.6 Å². The molecule has 0 unspecified atom stereocenters. The van der Waals surface area contributed by atoms with Crippen LogP contribution in [-0.2, 0) is 9.59 Å². The highest BCUT2D eigenvalue weighted by Crippen LogP contribution is 2.26. The molecule has 5 heteroatoms. The van der Waals surface area contributed by atoms with Gasteiger partial charge in [-0.15, -0.1) is 0 Å². The van der Waals surface area contributed by atoms with Gasteiger partial charge < -0.3 is 14.8 Å². The number of esters is 1. The number of hydrogen-bond donors (Lipinski definition) is 1. The molecule has 148 valence electrons. The Labute approximate surface area is 170 Å². The van der Waals surface area contributed by atoms with Gasteiger partial charge in [-0.2, -0.15) is 0 Å². The van der Waals surface area contributed by atoms with Gasteiger partial charge >= 0.3 is 5.97 Å². The molecule has 29 heavy (non-hydrogen) atoms. The number of rotatable bonds is 7. The fraction of sp³-hybridized carbons (Fsp3) is 0.167. The van der Waals surface area contributed by atoms with Crippen LogP contribution in [0.25, 0.3) is 11.1 Å². The van der Waals surface area contributed by atoms with Crippen LogP contribution in [0.15, 0.2) is 78.9 Å². The molecule has 0 saturated carbocycles. The molecule has 5 nitrogen and oxygen atoms in total. The molecule has 0 aliphatic rings. The summed E-state index contributed by atoms with van der Waals surface area (Å²) in [7, 11) is 0. The van der Waals surface area contributed by atoms with Crippen molar-refractivity contribution in [2.75, 3.05) is 5.32 Å². The van der Waals surface area contributed by atoms with Crippen molar-refractivity contribution in [2.45, 2.75) is 26.4 Å². The number of nitrogens with one attached hydrogen (secondary N) is 1. The Morgan fingerprint density at radius 2 is 1.48 bits per heavy atom. The maximum Gasteiger partial charge on any atom is 0.352 e. The molecule has 3 aromatic rings. The van der Waals surface area contributed by atoms with Crippen LogP contribution >= 0.6 is 0 Å². The number of carbonyl (C=O) groups excluding carboxylic acids is 2. The van der Waals surface area contributed by atoms with E-state index in [9.17, 15) is 9.59 Å². The molecule has 0 radical (unpaired) electrons. The second-order valence-electron chi connectivity index (χ2n) is 6.47. The summed E-state index contributed by atoms with van der Waals surface area (Å²) in [5.41, 5.74) is 2.62. The number of benzene rings is 3. The molecule has 0 saturated heterocycles.